The van der Waals surface area contributed by atoms with Gasteiger partial charge in [0.1, 0.15) is 11.6 Å². The first-order valence-electron chi connectivity index (χ1n) is 10.1. The summed E-state index contributed by atoms with van der Waals surface area (Å²) in [4.78, 5) is 6.76. The molecule has 1 saturated heterocycles. The highest BCUT2D eigenvalue weighted by atomic mass is 35.5. The Morgan fingerprint density at radius 1 is 1.00 bits per heavy atom. The first-order chi connectivity index (χ1) is 15.3. The summed E-state index contributed by atoms with van der Waals surface area (Å²) in [5, 5.41) is 9.91. The Kier molecular flexibility index (Phi) is 5.03. The van der Waals surface area contributed by atoms with Gasteiger partial charge in [0.25, 0.3) is 0 Å². The first-order valence-corrected chi connectivity index (χ1v) is 11.9. The second-order valence-electron chi connectivity index (χ2n) is 7.78. The maximum absolute atomic E-state index is 13.9. The third-order valence-electron chi connectivity index (χ3n) is 5.75. The van der Waals surface area contributed by atoms with Crippen LogP contribution in [0.25, 0.3) is 16.6 Å². The molecule has 0 amide bonds. The van der Waals surface area contributed by atoms with Crippen LogP contribution in [0.2, 0.25) is 5.02 Å². The molecule has 8 nitrogen and oxygen atoms in total. The quantitative estimate of drug-likeness (QED) is 0.453. The molecule has 1 fully saturated rings. The molecule has 1 aliphatic rings. The smallest absolute Gasteiger partial charge is 0.243 e. The predicted molar refractivity (Wildman–Crippen MR) is 120 cm³/mol. The van der Waals surface area contributed by atoms with E-state index < -0.39 is 15.8 Å². The van der Waals surface area contributed by atoms with Crippen molar-refractivity contribution in [1.29, 1.82) is 0 Å². The number of aromatic nitrogens is 4. The minimum absolute atomic E-state index is 0.0374. The molecule has 0 bridgehead atoms. The summed E-state index contributed by atoms with van der Waals surface area (Å²) < 4.78 is 43.2. The third kappa shape index (κ3) is 3.39. The molecule has 5 rings (SSSR count). The Balaban J connectivity index is 1.47. The van der Waals surface area contributed by atoms with E-state index in [2.05, 4.69) is 10.2 Å². The van der Waals surface area contributed by atoms with Crippen molar-refractivity contribution in [3.05, 3.63) is 58.6 Å². The van der Waals surface area contributed by atoms with Crippen molar-refractivity contribution in [2.75, 3.05) is 31.1 Å². The predicted octanol–water partition coefficient (Wildman–Crippen LogP) is 3.20. The van der Waals surface area contributed by atoms with E-state index in [0.29, 0.717) is 46.6 Å². The highest BCUT2D eigenvalue weighted by molar-refractivity contribution is 7.89. The number of halogens is 2. The standard InChI is InChI=1S/C21H20ClFN6O2S/c1-13-3-5-16(12-18(13)23)32(30,31)28-9-7-27(8-10-28)21-24-19-11-15(22)4-6-17(19)20-26-25-14(2)29(20)21/h3-6,11-12H,7-10H2,1-2H3. The molecule has 2 aromatic heterocycles. The number of aryl methyl sites for hydroxylation is 2. The topological polar surface area (TPSA) is 83.7 Å². The van der Waals surface area contributed by atoms with Gasteiger partial charge in [0, 0.05) is 36.6 Å². The Bertz CT molecular complexity index is 1460. The molecule has 32 heavy (non-hydrogen) atoms. The number of sulfonamides is 1. The Hall–Kier alpha value is -2.82. The summed E-state index contributed by atoms with van der Waals surface area (Å²) in [6.07, 6.45) is 0. The van der Waals surface area contributed by atoms with Crippen LogP contribution < -0.4 is 4.90 Å². The molecule has 11 heteroatoms. The average Bonchev–Trinajstić information content (AvgIpc) is 3.16. The number of hydrogen-bond donors (Lipinski definition) is 0. The van der Waals surface area contributed by atoms with Crippen LogP contribution >= 0.6 is 11.6 Å². The minimum atomic E-state index is -3.79. The van der Waals surface area contributed by atoms with Gasteiger partial charge in [0.15, 0.2) is 5.65 Å². The fourth-order valence-corrected chi connectivity index (χ4v) is 5.54. The minimum Gasteiger partial charge on any atom is -0.339 e. The molecule has 0 radical (unpaired) electrons. The molecule has 0 atom stereocenters. The number of fused-ring (bicyclic) bond motifs is 3. The SMILES string of the molecule is Cc1ccc(S(=O)(=O)N2CCN(c3nc4cc(Cl)ccc4c4nnc(C)n34)CC2)cc1F. The van der Waals surface area contributed by atoms with Gasteiger partial charge in [0.05, 0.1) is 10.4 Å². The molecule has 0 unspecified atom stereocenters. The zero-order chi connectivity index (χ0) is 22.6. The van der Waals surface area contributed by atoms with Gasteiger partial charge in [-0.2, -0.15) is 4.31 Å². The van der Waals surface area contributed by atoms with Crippen molar-refractivity contribution in [3.8, 4) is 0 Å². The van der Waals surface area contributed by atoms with Crippen LogP contribution in [0, 0.1) is 19.7 Å². The molecule has 4 aromatic rings. The molecule has 0 N–H and O–H groups in total. The van der Waals surface area contributed by atoms with Crippen LogP contribution in [0.5, 0.6) is 0 Å². The lowest BCUT2D eigenvalue weighted by Crippen LogP contribution is -2.49. The molecular weight excluding hydrogens is 455 g/mol. The van der Waals surface area contributed by atoms with E-state index in [1.54, 1.807) is 19.1 Å². The van der Waals surface area contributed by atoms with Gasteiger partial charge in [-0.05, 0) is 49.7 Å². The van der Waals surface area contributed by atoms with E-state index >= 15 is 0 Å². The monoisotopic (exact) mass is 474 g/mol. The van der Waals surface area contributed by atoms with Gasteiger partial charge in [0.2, 0.25) is 16.0 Å². The van der Waals surface area contributed by atoms with Crippen molar-refractivity contribution >= 4 is 44.1 Å². The number of nitrogens with zero attached hydrogens (tertiary/aromatic N) is 6. The van der Waals surface area contributed by atoms with Crippen LogP contribution in [0.4, 0.5) is 10.3 Å². The van der Waals surface area contributed by atoms with Crippen LogP contribution in [-0.2, 0) is 10.0 Å². The zero-order valence-electron chi connectivity index (χ0n) is 17.5. The molecular formula is C21H20ClFN6O2S. The Morgan fingerprint density at radius 3 is 2.47 bits per heavy atom. The molecule has 166 valence electrons. The van der Waals surface area contributed by atoms with E-state index in [9.17, 15) is 12.8 Å². The maximum atomic E-state index is 13.9. The number of hydrogen-bond acceptors (Lipinski definition) is 6. The summed E-state index contributed by atoms with van der Waals surface area (Å²) in [6.45, 7) is 4.77. The number of benzene rings is 2. The molecule has 3 heterocycles. The van der Waals surface area contributed by atoms with Crippen LogP contribution in [0.3, 0.4) is 0 Å². The molecule has 0 aliphatic carbocycles. The number of anilines is 1. The first kappa shape index (κ1) is 21.0. The highest BCUT2D eigenvalue weighted by Gasteiger charge is 2.30. The second kappa shape index (κ2) is 7.65. The average molecular weight is 475 g/mol. The van der Waals surface area contributed by atoms with Crippen molar-refractivity contribution < 1.29 is 12.8 Å². The van der Waals surface area contributed by atoms with E-state index in [1.165, 1.54) is 16.4 Å². The van der Waals surface area contributed by atoms with E-state index in [0.717, 1.165) is 11.5 Å². The summed E-state index contributed by atoms with van der Waals surface area (Å²) in [6, 6.07) is 9.43. The van der Waals surface area contributed by atoms with Gasteiger partial charge >= 0.3 is 0 Å². The summed E-state index contributed by atoms with van der Waals surface area (Å²) in [5.74, 6) is 0.787. The van der Waals surface area contributed by atoms with Crippen LogP contribution in [0.1, 0.15) is 11.4 Å². The normalized spacial score (nSPS) is 15.7. The molecule has 2 aromatic carbocycles. The van der Waals surface area contributed by atoms with Crippen LogP contribution in [0.15, 0.2) is 41.3 Å². The van der Waals surface area contributed by atoms with Crippen molar-refractivity contribution in [2.24, 2.45) is 0 Å². The fourth-order valence-electron chi connectivity index (χ4n) is 3.94. The lowest BCUT2D eigenvalue weighted by atomic mass is 10.2. The largest absolute Gasteiger partial charge is 0.339 e. The molecule has 0 spiro atoms. The van der Waals surface area contributed by atoms with Gasteiger partial charge in [-0.15, -0.1) is 10.2 Å². The Morgan fingerprint density at radius 2 is 1.75 bits per heavy atom. The second-order valence-corrected chi connectivity index (χ2v) is 10.2. The lowest BCUT2D eigenvalue weighted by Gasteiger charge is -2.35. The maximum Gasteiger partial charge on any atom is 0.243 e. The van der Waals surface area contributed by atoms with Gasteiger partial charge in [-0.3, -0.25) is 0 Å². The van der Waals surface area contributed by atoms with Crippen molar-refractivity contribution in [2.45, 2.75) is 18.7 Å². The number of piperazine rings is 1. The third-order valence-corrected chi connectivity index (χ3v) is 7.88. The van der Waals surface area contributed by atoms with Crippen molar-refractivity contribution in [3.63, 3.8) is 0 Å². The van der Waals surface area contributed by atoms with E-state index in [1.807, 2.05) is 22.3 Å². The van der Waals surface area contributed by atoms with Crippen molar-refractivity contribution in [1.82, 2.24) is 23.9 Å². The summed E-state index contributed by atoms with van der Waals surface area (Å²) in [5.41, 5.74) is 1.77. The molecule has 1 aliphatic heterocycles. The fraction of sp³-hybridized carbons (Fsp3) is 0.286. The summed E-state index contributed by atoms with van der Waals surface area (Å²) in [7, 11) is -3.79. The highest BCUT2D eigenvalue weighted by Crippen LogP contribution is 2.28. The number of rotatable bonds is 3. The van der Waals surface area contributed by atoms with Crippen LogP contribution in [-0.4, -0.2) is 58.5 Å². The molecule has 0 saturated carbocycles. The van der Waals surface area contributed by atoms with E-state index in [-0.39, 0.29) is 18.0 Å². The van der Waals surface area contributed by atoms with Gasteiger partial charge in [-0.25, -0.2) is 22.2 Å². The van der Waals surface area contributed by atoms with Gasteiger partial charge < -0.3 is 4.90 Å². The van der Waals surface area contributed by atoms with E-state index in [4.69, 9.17) is 16.6 Å². The van der Waals surface area contributed by atoms with Gasteiger partial charge in [-0.1, -0.05) is 17.7 Å². The summed E-state index contributed by atoms with van der Waals surface area (Å²) >= 11 is 6.17. The Labute approximate surface area is 189 Å². The zero-order valence-corrected chi connectivity index (χ0v) is 19.0. The lowest BCUT2D eigenvalue weighted by molar-refractivity contribution is 0.382.